The molecule has 2 aliphatic heterocycles. The molecule has 22 heavy (non-hydrogen) atoms. The minimum atomic E-state index is -2.39. The van der Waals surface area contributed by atoms with Gasteiger partial charge in [0.05, 0.1) is 23.1 Å². The zero-order valence-electron chi connectivity index (χ0n) is 11.8. The summed E-state index contributed by atoms with van der Waals surface area (Å²) in [7, 11) is 0. The predicted octanol–water partition coefficient (Wildman–Crippen LogP) is 2.41. The first-order valence-corrected chi connectivity index (χ1v) is 7.46. The van der Waals surface area contributed by atoms with Gasteiger partial charge in [-0.25, -0.2) is 13.2 Å². The number of piperidine rings is 1. The molecule has 3 nitrogen and oxygen atoms in total. The minimum absolute atomic E-state index is 0.169. The number of alkyl halides is 2. The molecule has 1 fully saturated rings. The van der Waals surface area contributed by atoms with Gasteiger partial charge in [-0.1, -0.05) is 24.4 Å². The summed E-state index contributed by atoms with van der Waals surface area (Å²) in [5, 5.41) is 0. The van der Waals surface area contributed by atoms with Crippen LogP contribution in [0.2, 0.25) is 0 Å². The Morgan fingerprint density at radius 1 is 1.36 bits per heavy atom. The number of thiocarbonyl (C=S) groups is 1. The maximum absolute atomic E-state index is 13.5. The van der Waals surface area contributed by atoms with Gasteiger partial charge in [0.25, 0.3) is 6.43 Å². The van der Waals surface area contributed by atoms with Gasteiger partial charge in [0.2, 0.25) is 0 Å². The van der Waals surface area contributed by atoms with E-state index in [1.54, 1.807) is 11.1 Å². The largest absolute Gasteiger partial charge is 0.393 e. The highest BCUT2D eigenvalue weighted by molar-refractivity contribution is 7.80. The maximum Gasteiger partial charge on any atom is 0.251 e. The van der Waals surface area contributed by atoms with Gasteiger partial charge in [0, 0.05) is 18.3 Å². The lowest BCUT2D eigenvalue weighted by Crippen LogP contribution is -2.55. The molecule has 0 unspecified atom stereocenters. The van der Waals surface area contributed by atoms with Crippen LogP contribution in [0.3, 0.4) is 0 Å². The summed E-state index contributed by atoms with van der Waals surface area (Å²) < 4.78 is 39.0. The van der Waals surface area contributed by atoms with Crippen LogP contribution in [-0.4, -0.2) is 39.9 Å². The normalized spacial score (nSPS) is 30.9. The highest BCUT2D eigenvalue weighted by Crippen LogP contribution is 2.45. The molecule has 1 saturated heterocycles. The standard InChI is InChI=1S/C15H16F3N3S/c16-10-3-9(6-20-7-10)15(14(19)22)4-11-1-2-12(5-15)21(11)8-13(17)18/h1-3,6-7,11-13H,4-5,8H2,(H2,19,22)/t11-,12-/m1/s1. The fraction of sp³-hybridized carbons (Fsp3) is 0.467. The molecule has 2 N–H and O–H groups in total. The molecular weight excluding hydrogens is 311 g/mol. The minimum Gasteiger partial charge on any atom is -0.393 e. The first kappa shape index (κ1) is 15.4. The highest BCUT2D eigenvalue weighted by atomic mass is 32.1. The molecule has 0 radical (unpaired) electrons. The van der Waals surface area contributed by atoms with Crippen LogP contribution in [0, 0.1) is 5.82 Å². The van der Waals surface area contributed by atoms with E-state index in [0.717, 1.165) is 6.20 Å². The van der Waals surface area contributed by atoms with E-state index >= 15 is 0 Å². The average molecular weight is 327 g/mol. The quantitative estimate of drug-likeness (QED) is 0.681. The van der Waals surface area contributed by atoms with Gasteiger partial charge >= 0.3 is 0 Å². The molecule has 0 aromatic carbocycles. The van der Waals surface area contributed by atoms with Crippen molar-refractivity contribution in [1.29, 1.82) is 0 Å². The molecule has 7 heteroatoms. The third-order valence-corrected chi connectivity index (χ3v) is 4.99. The lowest BCUT2D eigenvalue weighted by atomic mass is 9.70. The summed E-state index contributed by atoms with van der Waals surface area (Å²) >= 11 is 5.25. The Kier molecular flexibility index (Phi) is 3.94. The molecule has 1 aromatic rings. The fourth-order valence-electron chi connectivity index (χ4n) is 3.57. The van der Waals surface area contributed by atoms with Gasteiger partial charge in [0.1, 0.15) is 5.82 Å². The van der Waals surface area contributed by atoms with Crippen LogP contribution in [0.25, 0.3) is 0 Å². The smallest absolute Gasteiger partial charge is 0.251 e. The summed E-state index contributed by atoms with van der Waals surface area (Å²) in [5.74, 6) is -0.455. The van der Waals surface area contributed by atoms with Crippen molar-refractivity contribution in [2.45, 2.75) is 36.8 Å². The Balaban J connectivity index is 1.94. The monoisotopic (exact) mass is 327 g/mol. The number of hydrogen-bond acceptors (Lipinski definition) is 3. The molecular formula is C15H16F3N3S. The van der Waals surface area contributed by atoms with Gasteiger partial charge < -0.3 is 5.73 Å². The van der Waals surface area contributed by atoms with Crippen LogP contribution in [0.1, 0.15) is 18.4 Å². The summed E-state index contributed by atoms with van der Waals surface area (Å²) in [6, 6.07) is 1.05. The number of fused-ring (bicyclic) bond motifs is 2. The third kappa shape index (κ3) is 2.52. The van der Waals surface area contributed by atoms with E-state index in [9.17, 15) is 13.2 Å². The molecule has 1 aromatic heterocycles. The summed E-state index contributed by atoms with van der Waals surface area (Å²) in [6.07, 6.45) is 5.05. The summed E-state index contributed by atoms with van der Waals surface area (Å²) in [6.45, 7) is -0.281. The van der Waals surface area contributed by atoms with Crippen molar-refractivity contribution in [3.8, 4) is 0 Å². The molecule has 3 rings (SSSR count). The summed E-state index contributed by atoms with van der Waals surface area (Å²) in [5.41, 5.74) is 5.88. The number of hydrogen-bond donors (Lipinski definition) is 1. The van der Waals surface area contributed by atoms with Crippen molar-refractivity contribution in [1.82, 2.24) is 9.88 Å². The fourth-order valence-corrected chi connectivity index (χ4v) is 3.86. The number of rotatable bonds is 4. The number of nitrogens with zero attached hydrogens (tertiary/aromatic N) is 2. The van der Waals surface area contributed by atoms with Gasteiger partial charge in [-0.15, -0.1) is 0 Å². The van der Waals surface area contributed by atoms with E-state index in [1.165, 1.54) is 6.07 Å². The number of halogens is 3. The van der Waals surface area contributed by atoms with Crippen LogP contribution in [-0.2, 0) is 5.41 Å². The Morgan fingerprint density at radius 3 is 2.50 bits per heavy atom. The molecule has 0 saturated carbocycles. The number of pyridine rings is 1. The molecule has 2 bridgehead atoms. The van der Waals surface area contributed by atoms with Crippen LogP contribution in [0.5, 0.6) is 0 Å². The Labute approximate surface area is 132 Å². The predicted molar refractivity (Wildman–Crippen MR) is 81.3 cm³/mol. The summed E-state index contributed by atoms with van der Waals surface area (Å²) in [4.78, 5) is 5.90. The van der Waals surface area contributed by atoms with Crippen molar-refractivity contribution in [3.05, 3.63) is 42.0 Å². The first-order valence-electron chi connectivity index (χ1n) is 7.05. The topological polar surface area (TPSA) is 42.1 Å². The lowest BCUT2D eigenvalue weighted by molar-refractivity contribution is 0.0399. The Hall–Kier alpha value is -1.47. The molecule has 3 heterocycles. The van der Waals surface area contributed by atoms with E-state index in [-0.39, 0.29) is 23.6 Å². The molecule has 0 aliphatic carbocycles. The van der Waals surface area contributed by atoms with Crippen molar-refractivity contribution < 1.29 is 13.2 Å². The Morgan fingerprint density at radius 2 is 2.00 bits per heavy atom. The number of nitrogens with two attached hydrogens (primary N) is 1. The van der Waals surface area contributed by atoms with Crippen LogP contribution < -0.4 is 5.73 Å². The van der Waals surface area contributed by atoms with Gasteiger partial charge in [-0.05, 0) is 24.5 Å². The van der Waals surface area contributed by atoms with E-state index in [4.69, 9.17) is 18.0 Å². The molecule has 0 spiro atoms. The molecule has 0 amide bonds. The maximum atomic E-state index is 13.5. The first-order chi connectivity index (χ1) is 10.4. The second-order valence-corrected chi connectivity index (χ2v) is 6.29. The van der Waals surface area contributed by atoms with Gasteiger partial charge in [-0.3, -0.25) is 9.88 Å². The SMILES string of the molecule is NC(=S)C1(c2cncc(F)c2)C[C@H]2C=C[C@H](C1)N2CC(F)F. The van der Waals surface area contributed by atoms with E-state index in [1.807, 2.05) is 12.2 Å². The molecule has 2 aliphatic rings. The van der Waals surface area contributed by atoms with Gasteiger partial charge in [0.15, 0.2) is 0 Å². The zero-order valence-corrected chi connectivity index (χ0v) is 12.6. The van der Waals surface area contributed by atoms with Crippen molar-refractivity contribution in [3.63, 3.8) is 0 Å². The van der Waals surface area contributed by atoms with Gasteiger partial charge in [-0.2, -0.15) is 0 Å². The molecule has 118 valence electrons. The Bertz CT molecular complexity index is 604. The van der Waals surface area contributed by atoms with E-state index in [0.29, 0.717) is 18.4 Å². The van der Waals surface area contributed by atoms with Crippen molar-refractivity contribution in [2.24, 2.45) is 5.73 Å². The average Bonchev–Trinajstić information content (AvgIpc) is 2.70. The van der Waals surface area contributed by atoms with Crippen molar-refractivity contribution in [2.75, 3.05) is 6.54 Å². The second kappa shape index (κ2) is 5.62. The highest BCUT2D eigenvalue weighted by Gasteiger charge is 2.49. The van der Waals surface area contributed by atoms with Crippen molar-refractivity contribution >= 4 is 17.2 Å². The van der Waals surface area contributed by atoms with E-state index in [2.05, 4.69) is 4.98 Å². The molecule has 2 atom stereocenters. The van der Waals surface area contributed by atoms with Crippen LogP contribution in [0.15, 0.2) is 30.6 Å². The second-order valence-electron chi connectivity index (χ2n) is 5.85. The number of aromatic nitrogens is 1. The van der Waals surface area contributed by atoms with Crippen LogP contribution >= 0.6 is 12.2 Å². The lowest BCUT2D eigenvalue weighted by Gasteiger charge is -2.46. The van der Waals surface area contributed by atoms with E-state index < -0.39 is 17.7 Å². The van der Waals surface area contributed by atoms with Crippen LogP contribution in [0.4, 0.5) is 13.2 Å². The zero-order chi connectivity index (χ0) is 15.9. The third-order valence-electron chi connectivity index (χ3n) is 4.60.